The topological polar surface area (TPSA) is 40.5 Å². The smallest absolute Gasteiger partial charge is 0.126 e. The average molecular weight is 276 g/mol. The first-order valence-corrected chi connectivity index (χ1v) is 7.43. The molecule has 0 amide bonds. The fourth-order valence-corrected chi connectivity index (χ4v) is 2.44. The van der Waals surface area contributed by atoms with Gasteiger partial charge in [-0.3, -0.25) is 0 Å². The van der Waals surface area contributed by atoms with E-state index in [-0.39, 0.29) is 11.2 Å². The molecule has 0 saturated carbocycles. The van der Waals surface area contributed by atoms with Crippen LogP contribution in [-0.2, 0) is 5.41 Å². The van der Waals surface area contributed by atoms with Gasteiger partial charge in [-0.2, -0.15) is 0 Å². The van der Waals surface area contributed by atoms with E-state index in [0.717, 1.165) is 41.5 Å². The van der Waals surface area contributed by atoms with Gasteiger partial charge in [0.1, 0.15) is 11.5 Å². The molecule has 0 radical (unpaired) electrons. The highest BCUT2D eigenvalue weighted by atomic mass is 16.3. The van der Waals surface area contributed by atoms with E-state index in [0.29, 0.717) is 5.75 Å². The van der Waals surface area contributed by atoms with E-state index in [9.17, 15) is 10.2 Å². The molecule has 0 bridgehead atoms. The van der Waals surface area contributed by atoms with E-state index in [1.807, 2.05) is 19.9 Å². The van der Waals surface area contributed by atoms with Crippen LogP contribution in [0.2, 0.25) is 0 Å². The highest BCUT2D eigenvalue weighted by molar-refractivity contribution is 5.70. The van der Waals surface area contributed by atoms with Crippen molar-refractivity contribution in [3.8, 4) is 11.5 Å². The minimum absolute atomic E-state index is 0.218. The van der Waals surface area contributed by atoms with E-state index in [2.05, 4.69) is 33.8 Å². The number of rotatable bonds is 4. The first-order chi connectivity index (χ1) is 9.21. The molecular weight excluding hydrogens is 248 g/mol. The van der Waals surface area contributed by atoms with Crippen molar-refractivity contribution >= 4 is 6.08 Å². The monoisotopic (exact) mass is 276 g/mol. The predicted octanol–water partition coefficient (Wildman–Crippen LogP) is 5.22. The molecule has 1 aromatic rings. The highest BCUT2D eigenvalue weighted by Gasteiger charge is 2.26. The van der Waals surface area contributed by atoms with Crippen LogP contribution in [0.25, 0.3) is 6.08 Å². The summed E-state index contributed by atoms with van der Waals surface area (Å²) in [7, 11) is 0. The van der Waals surface area contributed by atoms with Gasteiger partial charge in [-0.05, 0) is 36.8 Å². The SMILES string of the molecule is CCCCC=Cc1c(O)c(C)c(C)c(O)c1C(C)(C)C. The van der Waals surface area contributed by atoms with Crippen molar-refractivity contribution in [2.45, 2.75) is 66.2 Å². The van der Waals surface area contributed by atoms with Gasteiger partial charge in [0.2, 0.25) is 0 Å². The molecule has 2 nitrogen and oxygen atoms in total. The molecule has 1 aromatic carbocycles. The number of allylic oxidation sites excluding steroid dienone is 1. The van der Waals surface area contributed by atoms with Gasteiger partial charge in [0.25, 0.3) is 0 Å². The van der Waals surface area contributed by atoms with Crippen LogP contribution in [0.4, 0.5) is 0 Å². The van der Waals surface area contributed by atoms with E-state index in [1.165, 1.54) is 0 Å². The molecule has 0 saturated heterocycles. The fraction of sp³-hybridized carbons (Fsp3) is 0.556. The fourth-order valence-electron chi connectivity index (χ4n) is 2.44. The quantitative estimate of drug-likeness (QED) is 0.585. The van der Waals surface area contributed by atoms with Gasteiger partial charge in [-0.15, -0.1) is 0 Å². The van der Waals surface area contributed by atoms with Crippen LogP contribution in [0.15, 0.2) is 6.08 Å². The molecule has 0 aliphatic carbocycles. The van der Waals surface area contributed by atoms with E-state index < -0.39 is 0 Å². The van der Waals surface area contributed by atoms with Crippen molar-refractivity contribution in [1.29, 1.82) is 0 Å². The second-order valence-electron chi connectivity index (χ2n) is 6.53. The molecule has 2 heteroatoms. The van der Waals surface area contributed by atoms with Crippen LogP contribution in [0.1, 0.15) is 69.2 Å². The zero-order chi connectivity index (χ0) is 15.5. The van der Waals surface area contributed by atoms with Crippen molar-refractivity contribution < 1.29 is 10.2 Å². The molecule has 0 unspecified atom stereocenters. The lowest BCUT2D eigenvalue weighted by atomic mass is 9.80. The Labute approximate surface area is 123 Å². The van der Waals surface area contributed by atoms with Gasteiger partial charge >= 0.3 is 0 Å². The number of benzene rings is 1. The molecule has 0 fully saturated rings. The highest BCUT2D eigenvalue weighted by Crippen LogP contribution is 2.43. The van der Waals surface area contributed by atoms with Gasteiger partial charge in [-0.25, -0.2) is 0 Å². The summed E-state index contributed by atoms with van der Waals surface area (Å²) in [5.74, 6) is 0.598. The van der Waals surface area contributed by atoms with Crippen LogP contribution < -0.4 is 0 Å². The average Bonchev–Trinajstić information content (AvgIpc) is 2.36. The molecule has 0 aliphatic rings. The Morgan fingerprint density at radius 1 is 1.00 bits per heavy atom. The minimum Gasteiger partial charge on any atom is -0.507 e. The summed E-state index contributed by atoms with van der Waals surface area (Å²) in [6.45, 7) is 12.0. The Balaban J connectivity index is 3.44. The minimum atomic E-state index is -0.218. The lowest BCUT2D eigenvalue weighted by molar-refractivity contribution is 0.428. The number of hydrogen-bond donors (Lipinski definition) is 2. The molecule has 112 valence electrons. The van der Waals surface area contributed by atoms with E-state index >= 15 is 0 Å². The predicted molar refractivity (Wildman–Crippen MR) is 86.5 cm³/mol. The third-order valence-corrected chi connectivity index (χ3v) is 3.79. The summed E-state index contributed by atoms with van der Waals surface area (Å²) >= 11 is 0. The summed E-state index contributed by atoms with van der Waals surface area (Å²) in [5.41, 5.74) is 2.88. The summed E-state index contributed by atoms with van der Waals surface area (Å²) in [6.07, 6.45) is 7.33. The maximum atomic E-state index is 10.5. The summed E-state index contributed by atoms with van der Waals surface area (Å²) < 4.78 is 0. The number of phenols is 2. The first kappa shape index (κ1) is 16.6. The van der Waals surface area contributed by atoms with Crippen molar-refractivity contribution in [3.63, 3.8) is 0 Å². The maximum Gasteiger partial charge on any atom is 0.126 e. The van der Waals surface area contributed by atoms with Gasteiger partial charge in [0.05, 0.1) is 0 Å². The summed E-state index contributed by atoms with van der Waals surface area (Å²) in [4.78, 5) is 0. The molecule has 20 heavy (non-hydrogen) atoms. The van der Waals surface area contributed by atoms with E-state index in [1.54, 1.807) is 0 Å². The largest absolute Gasteiger partial charge is 0.507 e. The second kappa shape index (κ2) is 6.34. The number of phenolic OH excluding ortho intramolecular Hbond substituents is 2. The van der Waals surface area contributed by atoms with Crippen LogP contribution in [-0.4, -0.2) is 10.2 Å². The van der Waals surface area contributed by atoms with Crippen molar-refractivity contribution in [1.82, 2.24) is 0 Å². The molecule has 0 heterocycles. The van der Waals surface area contributed by atoms with Gasteiger partial charge < -0.3 is 10.2 Å². The van der Waals surface area contributed by atoms with Crippen LogP contribution in [0, 0.1) is 13.8 Å². The Kier molecular flexibility index (Phi) is 5.27. The van der Waals surface area contributed by atoms with Gasteiger partial charge in [0, 0.05) is 11.1 Å². The van der Waals surface area contributed by atoms with E-state index in [4.69, 9.17) is 0 Å². The Morgan fingerprint density at radius 2 is 1.55 bits per heavy atom. The summed E-state index contributed by atoms with van der Waals surface area (Å²) in [6, 6.07) is 0. The molecule has 0 atom stereocenters. The van der Waals surface area contributed by atoms with Gasteiger partial charge in [-0.1, -0.05) is 52.7 Å². The van der Waals surface area contributed by atoms with Crippen molar-refractivity contribution in [2.75, 3.05) is 0 Å². The normalized spacial score (nSPS) is 12.3. The summed E-state index contributed by atoms with van der Waals surface area (Å²) in [5, 5.41) is 20.9. The molecule has 0 aromatic heterocycles. The molecule has 0 spiro atoms. The Hall–Kier alpha value is -1.44. The molecule has 2 N–H and O–H groups in total. The van der Waals surface area contributed by atoms with Crippen molar-refractivity contribution in [2.24, 2.45) is 0 Å². The zero-order valence-electron chi connectivity index (χ0n) is 13.7. The first-order valence-electron chi connectivity index (χ1n) is 7.43. The lowest BCUT2D eigenvalue weighted by Gasteiger charge is -2.26. The van der Waals surface area contributed by atoms with Gasteiger partial charge in [0.15, 0.2) is 0 Å². The number of unbranched alkanes of at least 4 members (excludes halogenated alkanes) is 2. The Bertz CT molecular complexity index is 505. The zero-order valence-corrected chi connectivity index (χ0v) is 13.7. The lowest BCUT2D eigenvalue weighted by Crippen LogP contribution is -2.14. The van der Waals surface area contributed by atoms with Crippen LogP contribution >= 0.6 is 0 Å². The van der Waals surface area contributed by atoms with Crippen LogP contribution in [0.3, 0.4) is 0 Å². The third kappa shape index (κ3) is 3.36. The molecular formula is C18H28O2. The number of hydrogen-bond acceptors (Lipinski definition) is 2. The maximum absolute atomic E-state index is 10.5. The molecule has 1 rings (SSSR count). The second-order valence-corrected chi connectivity index (χ2v) is 6.53. The van der Waals surface area contributed by atoms with Crippen molar-refractivity contribution in [3.05, 3.63) is 28.3 Å². The molecule has 0 aliphatic heterocycles. The Morgan fingerprint density at radius 3 is 2.05 bits per heavy atom. The standard InChI is InChI=1S/C18H28O2/c1-7-8-9-10-11-14-15(18(4,5)6)17(20)13(3)12(2)16(14)19/h10-11,19-20H,7-9H2,1-6H3. The number of aromatic hydroxyl groups is 2. The third-order valence-electron chi connectivity index (χ3n) is 3.79. The van der Waals surface area contributed by atoms with Crippen LogP contribution in [0.5, 0.6) is 11.5 Å².